The third-order valence-electron chi connectivity index (χ3n) is 1.26. The van der Waals surface area contributed by atoms with Crippen molar-refractivity contribution in [3.8, 4) is 0 Å². The lowest BCUT2D eigenvalue weighted by Crippen LogP contribution is -2.34. The van der Waals surface area contributed by atoms with Crippen LogP contribution in [-0.4, -0.2) is 37.9 Å². The number of aliphatic carboxylic acids is 1. The number of hydrogen-bond acceptors (Lipinski definition) is 3. The van der Waals surface area contributed by atoms with E-state index in [1.807, 2.05) is 0 Å². The number of methoxy groups -OCH3 is 1. The second-order valence-corrected chi connectivity index (χ2v) is 1.96. The van der Waals surface area contributed by atoms with Crippen LogP contribution in [0.2, 0.25) is 0 Å². The van der Waals surface area contributed by atoms with Gasteiger partial charge >= 0.3 is 5.97 Å². The van der Waals surface area contributed by atoms with Crippen LogP contribution in [-0.2, 0) is 9.53 Å². The summed E-state index contributed by atoms with van der Waals surface area (Å²) in [5.41, 5.74) is 0. The van der Waals surface area contributed by atoms with Gasteiger partial charge < -0.3 is 15.2 Å². The van der Waals surface area contributed by atoms with Crippen molar-refractivity contribution in [3.63, 3.8) is 0 Å². The van der Waals surface area contributed by atoms with Crippen molar-refractivity contribution in [1.82, 2.24) is 5.32 Å². The number of carboxylic acid groups (broad SMARTS) is 1. The first-order chi connectivity index (χ1) is 4.72. The summed E-state index contributed by atoms with van der Waals surface area (Å²) in [7, 11) is 3.17. The Balaban J connectivity index is 0. The van der Waals surface area contributed by atoms with E-state index in [-0.39, 0.29) is 12.4 Å². The Morgan fingerprint density at radius 2 is 2.27 bits per heavy atom. The number of nitrogens with one attached hydrogen (secondary N) is 1. The maximum absolute atomic E-state index is 10.3. The van der Waals surface area contributed by atoms with E-state index in [4.69, 9.17) is 9.84 Å². The molecule has 0 aliphatic carbocycles. The number of hydrogen-bond donors (Lipinski definition) is 2. The molecule has 0 bridgehead atoms. The molecule has 0 spiro atoms. The first kappa shape index (κ1) is 13.3. The normalized spacial score (nSPS) is 11.8. The van der Waals surface area contributed by atoms with Gasteiger partial charge in [0.15, 0.2) is 0 Å². The molecule has 0 rings (SSSR count). The van der Waals surface area contributed by atoms with Crippen molar-refractivity contribution >= 4 is 18.4 Å². The molecule has 0 saturated carbocycles. The van der Waals surface area contributed by atoms with Gasteiger partial charge in [0.25, 0.3) is 0 Å². The van der Waals surface area contributed by atoms with Crippen LogP contribution in [0.1, 0.15) is 6.42 Å². The second-order valence-electron chi connectivity index (χ2n) is 1.96. The van der Waals surface area contributed by atoms with Gasteiger partial charge in [-0.25, -0.2) is 0 Å². The molecule has 0 aromatic heterocycles. The summed E-state index contributed by atoms with van der Waals surface area (Å²) in [5.74, 6) is -0.834. The number of likely N-dealkylation sites (N-methyl/N-ethyl adjacent to an activating group) is 1. The third-order valence-corrected chi connectivity index (χ3v) is 1.26. The fourth-order valence-electron chi connectivity index (χ4n) is 0.627. The van der Waals surface area contributed by atoms with Crippen molar-refractivity contribution in [1.29, 1.82) is 0 Å². The number of ether oxygens (including phenoxy) is 1. The summed E-state index contributed by atoms with van der Waals surface area (Å²) in [4.78, 5) is 10.3. The molecule has 0 unspecified atom stereocenters. The molecular weight excluding hydrogens is 170 g/mol. The number of carbonyl (C=O) groups is 1. The predicted molar refractivity (Wildman–Crippen MR) is 44.2 cm³/mol. The molecule has 0 aliphatic heterocycles. The average Bonchev–Trinajstić information content (AvgIpc) is 1.89. The van der Waals surface area contributed by atoms with Gasteiger partial charge in [0, 0.05) is 13.7 Å². The van der Waals surface area contributed by atoms with Crippen LogP contribution in [0.5, 0.6) is 0 Å². The monoisotopic (exact) mass is 183 g/mol. The summed E-state index contributed by atoms with van der Waals surface area (Å²) in [6, 6.07) is -0.486. The van der Waals surface area contributed by atoms with Crippen molar-refractivity contribution in [2.75, 3.05) is 20.8 Å². The van der Waals surface area contributed by atoms with E-state index in [1.165, 1.54) is 0 Å². The molecule has 0 aliphatic rings. The Morgan fingerprint density at radius 3 is 2.55 bits per heavy atom. The molecule has 4 nitrogen and oxygen atoms in total. The van der Waals surface area contributed by atoms with Crippen LogP contribution in [0.4, 0.5) is 0 Å². The zero-order chi connectivity index (χ0) is 7.98. The fraction of sp³-hybridized carbons (Fsp3) is 0.833. The van der Waals surface area contributed by atoms with E-state index in [9.17, 15) is 4.79 Å². The van der Waals surface area contributed by atoms with Gasteiger partial charge in [0.05, 0.1) is 0 Å². The zero-order valence-electron chi connectivity index (χ0n) is 6.66. The molecule has 0 radical (unpaired) electrons. The quantitative estimate of drug-likeness (QED) is 0.636. The molecule has 0 fully saturated rings. The van der Waals surface area contributed by atoms with Crippen LogP contribution < -0.4 is 5.32 Å². The van der Waals surface area contributed by atoms with Crippen molar-refractivity contribution in [2.45, 2.75) is 12.5 Å². The van der Waals surface area contributed by atoms with E-state index in [0.717, 1.165) is 0 Å². The average molecular weight is 184 g/mol. The Hall–Kier alpha value is -0.320. The van der Waals surface area contributed by atoms with E-state index in [2.05, 4.69) is 5.32 Å². The highest BCUT2D eigenvalue weighted by molar-refractivity contribution is 5.85. The molecule has 11 heavy (non-hydrogen) atoms. The first-order valence-electron chi connectivity index (χ1n) is 3.11. The standard InChI is InChI=1S/C6H13NO3.ClH/c1-7-5(6(8)9)3-4-10-2;/h5,7H,3-4H2,1-2H3,(H,8,9);1H/t5-;/m0./s1. The molecule has 68 valence electrons. The van der Waals surface area contributed by atoms with Crippen LogP contribution in [0.25, 0.3) is 0 Å². The lowest BCUT2D eigenvalue weighted by Gasteiger charge is -2.08. The Labute approximate surface area is 72.3 Å². The molecule has 0 aromatic carbocycles. The van der Waals surface area contributed by atoms with Crippen molar-refractivity contribution in [2.24, 2.45) is 0 Å². The minimum Gasteiger partial charge on any atom is -0.480 e. The highest BCUT2D eigenvalue weighted by Crippen LogP contribution is 1.90. The van der Waals surface area contributed by atoms with Crippen LogP contribution in [0.3, 0.4) is 0 Å². The zero-order valence-corrected chi connectivity index (χ0v) is 7.48. The summed E-state index contributed by atoms with van der Waals surface area (Å²) in [5, 5.41) is 11.1. The SMILES string of the molecule is CN[C@@H](CCOC)C(=O)O.Cl. The smallest absolute Gasteiger partial charge is 0.320 e. The molecule has 0 aromatic rings. The van der Waals surface area contributed by atoms with Crippen LogP contribution in [0, 0.1) is 0 Å². The summed E-state index contributed by atoms with van der Waals surface area (Å²) in [6.07, 6.45) is 0.502. The van der Waals surface area contributed by atoms with E-state index in [0.29, 0.717) is 13.0 Å². The summed E-state index contributed by atoms with van der Waals surface area (Å²) in [6.45, 7) is 0.470. The first-order valence-corrected chi connectivity index (χ1v) is 3.11. The van der Waals surface area contributed by atoms with Gasteiger partial charge in [-0.05, 0) is 13.5 Å². The van der Waals surface area contributed by atoms with Gasteiger partial charge in [0.1, 0.15) is 6.04 Å². The molecular formula is C6H14ClNO3. The lowest BCUT2D eigenvalue weighted by molar-refractivity contribution is -0.139. The van der Waals surface area contributed by atoms with Crippen LogP contribution >= 0.6 is 12.4 Å². The molecule has 2 N–H and O–H groups in total. The minimum atomic E-state index is -0.834. The molecule has 0 amide bonds. The van der Waals surface area contributed by atoms with Gasteiger partial charge in [-0.2, -0.15) is 0 Å². The van der Waals surface area contributed by atoms with Crippen molar-refractivity contribution < 1.29 is 14.6 Å². The Kier molecular flexibility index (Phi) is 9.40. The number of halogens is 1. The van der Waals surface area contributed by atoms with E-state index in [1.54, 1.807) is 14.2 Å². The molecule has 0 heterocycles. The van der Waals surface area contributed by atoms with Gasteiger partial charge in [0.2, 0.25) is 0 Å². The maximum Gasteiger partial charge on any atom is 0.320 e. The highest BCUT2D eigenvalue weighted by atomic mass is 35.5. The largest absolute Gasteiger partial charge is 0.480 e. The van der Waals surface area contributed by atoms with E-state index < -0.39 is 12.0 Å². The Morgan fingerprint density at radius 1 is 1.73 bits per heavy atom. The van der Waals surface area contributed by atoms with Gasteiger partial charge in [-0.3, -0.25) is 4.79 Å². The summed E-state index contributed by atoms with van der Waals surface area (Å²) < 4.78 is 4.72. The Bertz CT molecular complexity index is 110. The number of carboxylic acids is 1. The third kappa shape index (κ3) is 6.09. The topological polar surface area (TPSA) is 58.6 Å². The molecule has 5 heteroatoms. The highest BCUT2D eigenvalue weighted by Gasteiger charge is 2.12. The minimum absolute atomic E-state index is 0. The van der Waals surface area contributed by atoms with Gasteiger partial charge in [-0.1, -0.05) is 0 Å². The molecule has 0 saturated heterocycles. The summed E-state index contributed by atoms with van der Waals surface area (Å²) >= 11 is 0. The van der Waals surface area contributed by atoms with Crippen molar-refractivity contribution in [3.05, 3.63) is 0 Å². The number of rotatable bonds is 5. The fourth-order valence-corrected chi connectivity index (χ4v) is 0.627. The predicted octanol–water partition coefficient (Wildman–Crippen LogP) is 0.117. The van der Waals surface area contributed by atoms with Gasteiger partial charge in [-0.15, -0.1) is 12.4 Å². The van der Waals surface area contributed by atoms with E-state index >= 15 is 0 Å². The maximum atomic E-state index is 10.3. The van der Waals surface area contributed by atoms with Crippen LogP contribution in [0.15, 0.2) is 0 Å². The second kappa shape index (κ2) is 7.78. The lowest BCUT2D eigenvalue weighted by atomic mass is 10.2. The molecule has 1 atom stereocenters.